The molecular weight excluding hydrogens is 288 g/mol. The molecule has 0 saturated carbocycles. The predicted octanol–water partition coefficient (Wildman–Crippen LogP) is 2.80. The van der Waals surface area contributed by atoms with Crippen LogP contribution in [0.15, 0.2) is 41.8 Å². The number of carbonyl (C=O) groups excluding carboxylic acids is 1. The quantitative estimate of drug-likeness (QED) is 0.835. The first kappa shape index (κ1) is 14.7. The lowest BCUT2D eigenvalue weighted by Crippen LogP contribution is -2.27. The molecule has 1 unspecified atom stereocenters. The van der Waals surface area contributed by atoms with Crippen LogP contribution < -0.4 is 11.1 Å². The molecule has 2 rings (SSSR count). The van der Waals surface area contributed by atoms with Gasteiger partial charge in [0.2, 0.25) is 5.91 Å². The molecule has 1 heterocycles. The van der Waals surface area contributed by atoms with Crippen LogP contribution in [-0.4, -0.2) is 10.9 Å². The van der Waals surface area contributed by atoms with E-state index < -0.39 is 0 Å². The van der Waals surface area contributed by atoms with Crippen molar-refractivity contribution in [3.8, 4) is 0 Å². The number of carbonyl (C=O) groups is 1. The van der Waals surface area contributed by atoms with Gasteiger partial charge in [0, 0.05) is 10.4 Å². The van der Waals surface area contributed by atoms with Gasteiger partial charge >= 0.3 is 0 Å². The van der Waals surface area contributed by atoms with Gasteiger partial charge in [0.15, 0.2) is 0 Å². The third-order valence-corrected chi connectivity index (χ3v) is 4.24. The Bertz CT molecular complexity index is 591. The molecule has 2 aromatic rings. The summed E-state index contributed by atoms with van der Waals surface area (Å²) in [5, 5.41) is 5.00. The molecule has 20 heavy (non-hydrogen) atoms. The van der Waals surface area contributed by atoms with Gasteiger partial charge in [0.1, 0.15) is 4.99 Å². The molecule has 0 bridgehead atoms. The monoisotopic (exact) mass is 304 g/mol. The number of thiocarbonyl (C=S) groups is 1. The first-order valence-corrected chi connectivity index (χ1v) is 7.56. The van der Waals surface area contributed by atoms with Crippen LogP contribution in [0, 0.1) is 0 Å². The third-order valence-electron chi connectivity index (χ3n) is 2.95. The Kier molecular flexibility index (Phi) is 4.87. The number of rotatable bonds is 5. The molecule has 0 fully saturated rings. The van der Waals surface area contributed by atoms with Gasteiger partial charge in [-0.15, -0.1) is 11.3 Å². The third kappa shape index (κ3) is 3.88. The van der Waals surface area contributed by atoms with Gasteiger partial charge in [0.05, 0.1) is 12.5 Å². The van der Waals surface area contributed by atoms with Gasteiger partial charge in [0.25, 0.3) is 0 Å². The Morgan fingerprint density at radius 1 is 1.35 bits per heavy atom. The van der Waals surface area contributed by atoms with E-state index >= 15 is 0 Å². The van der Waals surface area contributed by atoms with Crippen molar-refractivity contribution in [2.45, 2.75) is 19.4 Å². The summed E-state index contributed by atoms with van der Waals surface area (Å²) in [4.78, 5) is 13.5. The maximum Gasteiger partial charge on any atom is 0.224 e. The second-order valence-electron chi connectivity index (χ2n) is 4.54. The summed E-state index contributed by atoms with van der Waals surface area (Å²) in [6.07, 6.45) is 0.354. The summed E-state index contributed by atoms with van der Waals surface area (Å²) in [5.41, 5.74) is 7.30. The van der Waals surface area contributed by atoms with Gasteiger partial charge in [-0.3, -0.25) is 4.79 Å². The Hall–Kier alpha value is -1.72. The van der Waals surface area contributed by atoms with E-state index in [2.05, 4.69) is 5.32 Å². The van der Waals surface area contributed by atoms with Gasteiger partial charge in [-0.05, 0) is 23.9 Å². The normalized spacial score (nSPS) is 11.8. The molecule has 3 nitrogen and oxygen atoms in total. The van der Waals surface area contributed by atoms with Crippen molar-refractivity contribution in [3.05, 3.63) is 57.8 Å². The van der Waals surface area contributed by atoms with Crippen LogP contribution >= 0.6 is 23.6 Å². The maximum absolute atomic E-state index is 12.0. The number of amides is 1. The van der Waals surface area contributed by atoms with Gasteiger partial charge in [-0.2, -0.15) is 0 Å². The van der Waals surface area contributed by atoms with E-state index in [1.807, 2.05) is 48.7 Å². The highest BCUT2D eigenvalue weighted by atomic mass is 32.1. The SMILES string of the molecule is CC(NC(=O)Cc1ccc(C(N)=S)cc1)c1cccs1. The molecule has 3 N–H and O–H groups in total. The zero-order chi connectivity index (χ0) is 14.5. The molecule has 5 heteroatoms. The van der Waals surface area contributed by atoms with Crippen molar-refractivity contribution in [1.82, 2.24) is 5.32 Å². The van der Waals surface area contributed by atoms with Crippen molar-refractivity contribution in [1.29, 1.82) is 0 Å². The number of hydrogen-bond acceptors (Lipinski definition) is 3. The van der Waals surface area contributed by atoms with E-state index in [9.17, 15) is 4.79 Å². The second-order valence-corrected chi connectivity index (χ2v) is 5.96. The summed E-state index contributed by atoms with van der Waals surface area (Å²) in [5.74, 6) is 0.00831. The fraction of sp³-hybridized carbons (Fsp3) is 0.200. The minimum Gasteiger partial charge on any atom is -0.389 e. The van der Waals surface area contributed by atoms with Crippen molar-refractivity contribution >= 4 is 34.5 Å². The molecule has 1 atom stereocenters. The van der Waals surface area contributed by atoms with Crippen LogP contribution in [0.4, 0.5) is 0 Å². The summed E-state index contributed by atoms with van der Waals surface area (Å²) in [6.45, 7) is 1.99. The Morgan fingerprint density at radius 3 is 2.60 bits per heavy atom. The molecule has 1 aromatic carbocycles. The number of thiophene rings is 1. The van der Waals surface area contributed by atoms with Crippen LogP contribution in [0.1, 0.15) is 29.0 Å². The largest absolute Gasteiger partial charge is 0.389 e. The molecule has 0 spiro atoms. The number of hydrogen-bond donors (Lipinski definition) is 2. The van der Waals surface area contributed by atoms with E-state index in [0.717, 1.165) is 16.0 Å². The molecule has 1 aromatic heterocycles. The van der Waals surface area contributed by atoms with Crippen molar-refractivity contribution < 1.29 is 4.79 Å². The van der Waals surface area contributed by atoms with Crippen molar-refractivity contribution in [3.63, 3.8) is 0 Å². The van der Waals surface area contributed by atoms with Crippen molar-refractivity contribution in [2.75, 3.05) is 0 Å². The van der Waals surface area contributed by atoms with Crippen molar-refractivity contribution in [2.24, 2.45) is 5.73 Å². The summed E-state index contributed by atoms with van der Waals surface area (Å²) < 4.78 is 0. The molecule has 0 aliphatic carbocycles. The Morgan fingerprint density at radius 2 is 2.05 bits per heavy atom. The second kappa shape index (κ2) is 6.63. The highest BCUT2D eigenvalue weighted by Gasteiger charge is 2.10. The molecular formula is C15H16N2OS2. The van der Waals surface area contributed by atoms with Crippen LogP contribution in [0.3, 0.4) is 0 Å². The van der Waals surface area contributed by atoms with Crippen LogP contribution in [0.2, 0.25) is 0 Å². The molecule has 0 saturated heterocycles. The van der Waals surface area contributed by atoms with E-state index in [-0.39, 0.29) is 11.9 Å². The van der Waals surface area contributed by atoms with Gasteiger partial charge in [-0.25, -0.2) is 0 Å². The van der Waals surface area contributed by atoms with E-state index in [1.165, 1.54) is 0 Å². The van der Waals surface area contributed by atoms with Crippen LogP contribution in [0.25, 0.3) is 0 Å². The topological polar surface area (TPSA) is 55.1 Å². The highest BCUT2D eigenvalue weighted by Crippen LogP contribution is 2.18. The zero-order valence-corrected chi connectivity index (χ0v) is 12.8. The first-order valence-electron chi connectivity index (χ1n) is 6.28. The molecule has 0 aliphatic heterocycles. The fourth-order valence-corrected chi connectivity index (χ4v) is 2.74. The summed E-state index contributed by atoms with van der Waals surface area (Å²) in [7, 11) is 0. The smallest absolute Gasteiger partial charge is 0.224 e. The lowest BCUT2D eigenvalue weighted by Gasteiger charge is -2.12. The lowest BCUT2D eigenvalue weighted by atomic mass is 10.1. The highest BCUT2D eigenvalue weighted by molar-refractivity contribution is 7.80. The van der Waals surface area contributed by atoms with Crippen LogP contribution in [0.5, 0.6) is 0 Å². The van der Waals surface area contributed by atoms with Gasteiger partial charge in [-0.1, -0.05) is 42.5 Å². The number of benzene rings is 1. The molecule has 104 valence electrons. The minimum absolute atomic E-state index is 0.00831. The fourth-order valence-electron chi connectivity index (χ4n) is 1.87. The summed E-state index contributed by atoms with van der Waals surface area (Å²) >= 11 is 6.54. The maximum atomic E-state index is 12.0. The minimum atomic E-state index is 0.00831. The average molecular weight is 304 g/mol. The predicted molar refractivity (Wildman–Crippen MR) is 86.9 cm³/mol. The molecule has 0 aliphatic rings. The summed E-state index contributed by atoms with van der Waals surface area (Å²) in [6, 6.07) is 11.5. The van der Waals surface area contributed by atoms with Gasteiger partial charge < -0.3 is 11.1 Å². The Labute approximate surface area is 127 Å². The first-order chi connectivity index (χ1) is 9.56. The zero-order valence-electron chi connectivity index (χ0n) is 11.1. The van der Waals surface area contributed by atoms with E-state index in [1.54, 1.807) is 11.3 Å². The molecule has 1 amide bonds. The Balaban J connectivity index is 1.92. The lowest BCUT2D eigenvalue weighted by molar-refractivity contribution is -0.121. The van der Waals surface area contributed by atoms with E-state index in [0.29, 0.717) is 11.4 Å². The van der Waals surface area contributed by atoms with E-state index in [4.69, 9.17) is 18.0 Å². The standard InChI is InChI=1S/C15H16N2OS2/c1-10(13-3-2-8-20-13)17-14(18)9-11-4-6-12(7-5-11)15(16)19/h2-8,10H,9H2,1H3,(H2,16,19)(H,17,18). The van der Waals surface area contributed by atoms with Crippen LogP contribution in [-0.2, 0) is 11.2 Å². The average Bonchev–Trinajstić information content (AvgIpc) is 2.93. The number of nitrogens with one attached hydrogen (secondary N) is 1. The molecule has 0 radical (unpaired) electrons. The number of nitrogens with two attached hydrogens (primary N) is 1.